The summed E-state index contributed by atoms with van der Waals surface area (Å²) in [6, 6.07) is 2.58. The molecular weight excluding hydrogens is 322 g/mol. The van der Waals surface area contributed by atoms with Crippen LogP contribution in [0.2, 0.25) is 0 Å². The predicted octanol–water partition coefficient (Wildman–Crippen LogP) is 1.26. The first-order valence-electron chi connectivity index (χ1n) is 5.35. The minimum Gasteiger partial charge on any atom is -0.467 e. The Labute approximate surface area is 116 Å². The smallest absolute Gasteiger partial charge is 0.328 e. The van der Waals surface area contributed by atoms with Crippen molar-refractivity contribution in [2.24, 2.45) is 0 Å². The van der Waals surface area contributed by atoms with Crippen LogP contribution in [0.1, 0.15) is 16.1 Å². The van der Waals surface area contributed by atoms with Gasteiger partial charge in [0.2, 0.25) is 0 Å². The van der Waals surface area contributed by atoms with E-state index in [2.05, 4.69) is 20.7 Å². The van der Waals surface area contributed by atoms with Crippen LogP contribution in [0.4, 0.5) is 0 Å². The van der Waals surface area contributed by atoms with Gasteiger partial charge in [0, 0.05) is 6.42 Å². The number of likely N-dealkylation sites (tertiary alicyclic amines) is 1. The minimum atomic E-state index is -0.583. The second kappa shape index (κ2) is 5.38. The van der Waals surface area contributed by atoms with E-state index in [4.69, 9.17) is 0 Å². The molecule has 0 aliphatic carbocycles. The quantitative estimate of drug-likeness (QED) is 0.845. The van der Waals surface area contributed by atoms with Gasteiger partial charge in [0.1, 0.15) is 6.04 Å². The number of aliphatic hydroxyl groups is 1. The third-order valence-electron chi connectivity index (χ3n) is 2.93. The third kappa shape index (κ3) is 2.30. The lowest BCUT2D eigenvalue weighted by molar-refractivity contribution is -0.153. The Bertz CT molecular complexity index is 475. The first-order valence-corrected chi connectivity index (χ1v) is 6.96. The van der Waals surface area contributed by atoms with E-state index in [1.807, 2.05) is 0 Å². The van der Waals surface area contributed by atoms with Gasteiger partial charge in [-0.05, 0) is 28.1 Å². The summed E-state index contributed by atoms with van der Waals surface area (Å²) < 4.78 is 5.50. The number of rotatable bonds is 3. The van der Waals surface area contributed by atoms with Gasteiger partial charge in [0.05, 0.1) is 28.4 Å². The van der Waals surface area contributed by atoms with Crippen LogP contribution >= 0.6 is 27.3 Å². The lowest BCUT2D eigenvalue weighted by atomic mass is 9.93. The molecule has 0 radical (unpaired) electrons. The van der Waals surface area contributed by atoms with Gasteiger partial charge in [0.15, 0.2) is 0 Å². The van der Waals surface area contributed by atoms with Crippen molar-refractivity contribution in [2.75, 3.05) is 13.7 Å². The van der Waals surface area contributed by atoms with Crippen LogP contribution in [-0.4, -0.2) is 47.7 Å². The summed E-state index contributed by atoms with van der Waals surface area (Å²) in [6.45, 7) is -0.147. The van der Waals surface area contributed by atoms with Crippen LogP contribution < -0.4 is 0 Å². The fourth-order valence-electron chi connectivity index (χ4n) is 1.97. The van der Waals surface area contributed by atoms with Crippen LogP contribution in [0.3, 0.4) is 0 Å². The number of amides is 1. The molecule has 1 N–H and O–H groups in total. The van der Waals surface area contributed by atoms with Gasteiger partial charge in [-0.2, -0.15) is 0 Å². The van der Waals surface area contributed by atoms with Crippen molar-refractivity contribution in [3.63, 3.8) is 0 Å². The summed E-state index contributed by atoms with van der Waals surface area (Å²) in [4.78, 5) is 25.7. The van der Waals surface area contributed by atoms with E-state index in [1.54, 1.807) is 12.1 Å². The van der Waals surface area contributed by atoms with E-state index in [0.717, 1.165) is 3.79 Å². The predicted molar refractivity (Wildman–Crippen MR) is 69.5 cm³/mol. The molecule has 5 nitrogen and oxygen atoms in total. The second-order valence-electron chi connectivity index (χ2n) is 3.93. The maximum absolute atomic E-state index is 12.2. The zero-order valence-electron chi connectivity index (χ0n) is 9.63. The number of methoxy groups -OCH3 is 1. The highest BCUT2D eigenvalue weighted by molar-refractivity contribution is 9.11. The molecule has 98 valence electrons. The Balaban J connectivity index is 2.18. The van der Waals surface area contributed by atoms with Crippen molar-refractivity contribution >= 4 is 39.1 Å². The maximum atomic E-state index is 12.2. The van der Waals surface area contributed by atoms with Gasteiger partial charge >= 0.3 is 5.97 Å². The monoisotopic (exact) mass is 333 g/mol. The van der Waals surface area contributed by atoms with Crippen molar-refractivity contribution in [1.29, 1.82) is 0 Å². The number of esters is 1. The Morgan fingerprint density at radius 2 is 2.33 bits per heavy atom. The molecule has 1 saturated heterocycles. The van der Waals surface area contributed by atoms with Crippen molar-refractivity contribution in [2.45, 2.75) is 18.5 Å². The molecule has 1 fully saturated rings. The summed E-state index contributed by atoms with van der Waals surface area (Å²) in [7, 11) is 1.29. The highest BCUT2D eigenvalue weighted by atomic mass is 79.9. The van der Waals surface area contributed by atoms with Gasteiger partial charge in [-0.3, -0.25) is 4.79 Å². The highest BCUT2D eigenvalue weighted by Gasteiger charge is 2.46. The van der Waals surface area contributed by atoms with Crippen LogP contribution in [0.15, 0.2) is 15.9 Å². The number of halogens is 1. The number of carbonyl (C=O) groups is 2. The Morgan fingerprint density at radius 1 is 1.61 bits per heavy atom. The van der Waals surface area contributed by atoms with Crippen molar-refractivity contribution in [3.8, 4) is 0 Å². The first kappa shape index (κ1) is 13.5. The molecule has 2 heterocycles. The molecule has 0 saturated carbocycles. The van der Waals surface area contributed by atoms with E-state index >= 15 is 0 Å². The molecule has 0 unspecified atom stereocenters. The van der Waals surface area contributed by atoms with E-state index in [-0.39, 0.29) is 18.6 Å². The maximum Gasteiger partial charge on any atom is 0.328 e. The third-order valence-corrected chi connectivity index (χ3v) is 4.54. The molecule has 0 spiro atoms. The number of hydrogen-bond acceptors (Lipinski definition) is 5. The summed E-state index contributed by atoms with van der Waals surface area (Å²) in [5.74, 6) is -0.685. The zero-order chi connectivity index (χ0) is 13.3. The molecule has 1 amide bonds. The van der Waals surface area contributed by atoms with Crippen molar-refractivity contribution < 1.29 is 19.4 Å². The second-order valence-corrected chi connectivity index (χ2v) is 6.39. The summed E-state index contributed by atoms with van der Waals surface area (Å²) in [5, 5.41) is 9.18. The molecule has 7 heteroatoms. The van der Waals surface area contributed by atoms with Gasteiger partial charge in [-0.25, -0.2) is 4.79 Å². The van der Waals surface area contributed by atoms with Crippen LogP contribution in [0.25, 0.3) is 0 Å². The normalized spacial score (nSPS) is 22.5. The lowest BCUT2D eigenvalue weighted by Gasteiger charge is -2.45. The van der Waals surface area contributed by atoms with Crippen LogP contribution in [-0.2, 0) is 9.53 Å². The Morgan fingerprint density at radius 3 is 2.83 bits per heavy atom. The first-order chi connectivity index (χ1) is 8.58. The standard InChI is InChI=1S/C11H12BrNO4S/c1-17-11(16)7-4-6(5-14)13(7)10(15)8-2-3-9(12)18-8/h2-3,6-7,14H,4-5H2,1H3/t6-,7+/m1/s1. The number of thiophene rings is 1. The van der Waals surface area contributed by atoms with E-state index in [1.165, 1.54) is 23.3 Å². The van der Waals surface area contributed by atoms with Crippen molar-refractivity contribution in [3.05, 3.63) is 20.8 Å². The summed E-state index contributed by atoms with van der Waals surface area (Å²) in [6.07, 6.45) is 0.446. The fraction of sp³-hybridized carbons (Fsp3) is 0.455. The average Bonchev–Trinajstić information content (AvgIpc) is 2.75. The molecule has 1 aliphatic heterocycles. The molecule has 2 atom stereocenters. The molecule has 1 aliphatic rings. The van der Waals surface area contributed by atoms with E-state index < -0.39 is 12.0 Å². The van der Waals surface area contributed by atoms with Gasteiger partial charge in [-0.15, -0.1) is 11.3 Å². The molecule has 18 heavy (non-hydrogen) atoms. The Hall–Kier alpha value is -0.920. The largest absolute Gasteiger partial charge is 0.467 e. The molecule has 1 aromatic rings. The number of ether oxygens (including phenoxy) is 1. The van der Waals surface area contributed by atoms with Gasteiger partial charge < -0.3 is 14.7 Å². The Kier molecular flexibility index (Phi) is 4.04. The average molecular weight is 334 g/mol. The van der Waals surface area contributed by atoms with Crippen molar-refractivity contribution in [1.82, 2.24) is 4.90 Å². The number of carbonyl (C=O) groups excluding carboxylic acids is 2. The number of hydrogen-bond donors (Lipinski definition) is 1. The molecule has 2 rings (SSSR count). The summed E-state index contributed by atoms with van der Waals surface area (Å²) in [5.41, 5.74) is 0. The topological polar surface area (TPSA) is 66.8 Å². The van der Waals surface area contributed by atoms with Gasteiger partial charge in [0.25, 0.3) is 5.91 Å². The molecular formula is C11H12BrNO4S. The minimum absolute atomic E-state index is 0.147. The lowest BCUT2D eigenvalue weighted by Crippen LogP contribution is -2.63. The molecule has 1 aromatic heterocycles. The SMILES string of the molecule is COC(=O)[C@@H]1C[C@H](CO)N1C(=O)c1ccc(Br)s1. The zero-order valence-corrected chi connectivity index (χ0v) is 12.0. The summed E-state index contributed by atoms with van der Waals surface area (Å²) >= 11 is 4.59. The fourth-order valence-corrected chi connectivity index (χ4v) is 3.30. The number of aliphatic hydroxyl groups excluding tert-OH is 1. The molecule has 0 aromatic carbocycles. The van der Waals surface area contributed by atoms with E-state index in [0.29, 0.717) is 11.3 Å². The van der Waals surface area contributed by atoms with Gasteiger partial charge in [-0.1, -0.05) is 0 Å². The van der Waals surface area contributed by atoms with Crippen LogP contribution in [0.5, 0.6) is 0 Å². The van der Waals surface area contributed by atoms with Crippen LogP contribution in [0, 0.1) is 0 Å². The highest BCUT2D eigenvalue weighted by Crippen LogP contribution is 2.31. The number of nitrogens with zero attached hydrogens (tertiary/aromatic N) is 1. The molecule has 0 bridgehead atoms. The van der Waals surface area contributed by atoms with E-state index in [9.17, 15) is 14.7 Å².